The molecule has 0 radical (unpaired) electrons. The van der Waals surface area contributed by atoms with E-state index in [0.29, 0.717) is 11.8 Å². The summed E-state index contributed by atoms with van der Waals surface area (Å²) in [4.78, 5) is 21.5. The maximum atomic E-state index is 12.8. The van der Waals surface area contributed by atoms with E-state index in [4.69, 9.17) is 0 Å². The van der Waals surface area contributed by atoms with E-state index in [2.05, 4.69) is 33.0 Å². The van der Waals surface area contributed by atoms with Crippen LogP contribution in [0.2, 0.25) is 0 Å². The first kappa shape index (κ1) is 15.6. The summed E-state index contributed by atoms with van der Waals surface area (Å²) < 4.78 is 1.94. The molecule has 6 heteroatoms. The Hall–Kier alpha value is -1.95. The highest BCUT2D eigenvalue weighted by Gasteiger charge is 2.31. The van der Waals surface area contributed by atoms with Crippen molar-refractivity contribution >= 4 is 11.6 Å². The molecular formula is C18H25N5O. The Balaban J connectivity index is 1.41. The van der Waals surface area contributed by atoms with Crippen molar-refractivity contribution in [3.8, 4) is 0 Å². The minimum absolute atomic E-state index is 0.194. The van der Waals surface area contributed by atoms with Gasteiger partial charge in [-0.3, -0.25) is 4.79 Å². The Morgan fingerprint density at radius 1 is 1.12 bits per heavy atom. The van der Waals surface area contributed by atoms with Gasteiger partial charge in [0.05, 0.1) is 12.1 Å². The van der Waals surface area contributed by atoms with Gasteiger partial charge >= 0.3 is 0 Å². The second kappa shape index (κ2) is 6.51. The summed E-state index contributed by atoms with van der Waals surface area (Å²) in [6.45, 7) is 3.74. The molecular weight excluding hydrogens is 302 g/mol. The standard InChI is InChI=1S/C18H25N5O/c1-21-10-2-3-15(13-21)18(24)22-11-6-14(7-12-22)16-4-8-19-17-5-9-20-23(16)17/h4-5,8-9,14-15H,2-3,6-7,10-13H2,1H3/t15-/m1/s1. The van der Waals surface area contributed by atoms with Gasteiger partial charge < -0.3 is 9.80 Å². The summed E-state index contributed by atoms with van der Waals surface area (Å²) in [5, 5.41) is 4.40. The van der Waals surface area contributed by atoms with Gasteiger partial charge in [0, 0.05) is 43.5 Å². The molecule has 1 atom stereocenters. The van der Waals surface area contributed by atoms with E-state index in [9.17, 15) is 4.79 Å². The van der Waals surface area contributed by atoms with Crippen LogP contribution in [0.1, 0.15) is 37.3 Å². The van der Waals surface area contributed by atoms with Gasteiger partial charge in [-0.2, -0.15) is 5.10 Å². The lowest BCUT2D eigenvalue weighted by molar-refractivity contribution is -0.138. The van der Waals surface area contributed by atoms with Gasteiger partial charge in [-0.15, -0.1) is 0 Å². The molecule has 2 saturated heterocycles. The summed E-state index contributed by atoms with van der Waals surface area (Å²) in [6.07, 6.45) is 7.85. The largest absolute Gasteiger partial charge is 0.342 e. The van der Waals surface area contributed by atoms with Crippen molar-refractivity contribution < 1.29 is 4.79 Å². The zero-order valence-corrected chi connectivity index (χ0v) is 14.3. The maximum Gasteiger partial charge on any atom is 0.226 e. The first-order chi connectivity index (χ1) is 11.7. The second-order valence-corrected chi connectivity index (χ2v) is 7.17. The smallest absolute Gasteiger partial charge is 0.226 e. The Morgan fingerprint density at radius 3 is 2.75 bits per heavy atom. The number of carbonyl (C=O) groups excluding carboxylic acids is 1. The minimum Gasteiger partial charge on any atom is -0.342 e. The lowest BCUT2D eigenvalue weighted by Gasteiger charge is -2.37. The quantitative estimate of drug-likeness (QED) is 0.844. The minimum atomic E-state index is 0.194. The van der Waals surface area contributed by atoms with Crippen molar-refractivity contribution in [3.63, 3.8) is 0 Å². The van der Waals surface area contributed by atoms with Crippen LogP contribution in [-0.4, -0.2) is 63.5 Å². The molecule has 128 valence electrons. The average Bonchev–Trinajstić information content (AvgIpc) is 3.10. The van der Waals surface area contributed by atoms with Gasteiger partial charge in [-0.25, -0.2) is 9.50 Å². The highest BCUT2D eigenvalue weighted by atomic mass is 16.2. The SMILES string of the molecule is CN1CCC[C@@H](C(=O)N2CCC(c3ccnc4ccnn34)CC2)C1. The van der Waals surface area contributed by atoms with E-state index in [1.165, 1.54) is 5.69 Å². The van der Waals surface area contributed by atoms with Crippen molar-refractivity contribution in [1.29, 1.82) is 0 Å². The fraction of sp³-hybridized carbons (Fsp3) is 0.611. The van der Waals surface area contributed by atoms with E-state index in [-0.39, 0.29) is 5.92 Å². The number of aromatic nitrogens is 3. The molecule has 0 spiro atoms. The van der Waals surface area contributed by atoms with Crippen LogP contribution < -0.4 is 0 Å². The van der Waals surface area contributed by atoms with Crippen LogP contribution >= 0.6 is 0 Å². The number of amides is 1. The Labute approximate surface area is 142 Å². The van der Waals surface area contributed by atoms with E-state index in [1.807, 2.05) is 16.8 Å². The first-order valence-corrected chi connectivity index (χ1v) is 8.98. The van der Waals surface area contributed by atoms with Crippen molar-refractivity contribution in [2.75, 3.05) is 33.2 Å². The molecule has 2 fully saturated rings. The van der Waals surface area contributed by atoms with Crippen molar-refractivity contribution in [3.05, 3.63) is 30.2 Å². The second-order valence-electron chi connectivity index (χ2n) is 7.17. The number of hydrogen-bond donors (Lipinski definition) is 0. The van der Waals surface area contributed by atoms with E-state index in [0.717, 1.165) is 57.5 Å². The molecule has 1 amide bonds. The summed E-state index contributed by atoms with van der Waals surface area (Å²) in [6, 6.07) is 4.00. The van der Waals surface area contributed by atoms with E-state index in [1.54, 1.807) is 6.20 Å². The van der Waals surface area contributed by atoms with E-state index < -0.39 is 0 Å². The number of fused-ring (bicyclic) bond motifs is 1. The number of piperidine rings is 2. The fourth-order valence-corrected chi connectivity index (χ4v) is 4.18. The lowest BCUT2D eigenvalue weighted by Crippen LogP contribution is -2.46. The molecule has 0 bridgehead atoms. The monoisotopic (exact) mass is 327 g/mol. The summed E-state index contributed by atoms with van der Waals surface area (Å²) in [5.74, 6) is 1.01. The van der Waals surface area contributed by atoms with Crippen LogP contribution in [0.25, 0.3) is 5.65 Å². The van der Waals surface area contributed by atoms with E-state index >= 15 is 0 Å². The summed E-state index contributed by atoms with van der Waals surface area (Å²) in [7, 11) is 2.12. The third-order valence-electron chi connectivity index (χ3n) is 5.52. The van der Waals surface area contributed by atoms with Gasteiger partial charge in [0.25, 0.3) is 0 Å². The van der Waals surface area contributed by atoms with Gasteiger partial charge in [0.1, 0.15) is 0 Å². The molecule has 2 aromatic heterocycles. The zero-order valence-electron chi connectivity index (χ0n) is 14.3. The molecule has 0 N–H and O–H groups in total. The highest BCUT2D eigenvalue weighted by Crippen LogP contribution is 2.29. The zero-order chi connectivity index (χ0) is 16.5. The molecule has 2 aromatic rings. The summed E-state index contributed by atoms with van der Waals surface area (Å²) >= 11 is 0. The molecule has 4 heterocycles. The van der Waals surface area contributed by atoms with Crippen LogP contribution in [0.4, 0.5) is 0 Å². The number of rotatable bonds is 2. The number of hydrogen-bond acceptors (Lipinski definition) is 4. The molecule has 4 rings (SSSR count). The fourth-order valence-electron chi connectivity index (χ4n) is 4.18. The topological polar surface area (TPSA) is 53.7 Å². The predicted molar refractivity (Wildman–Crippen MR) is 91.8 cm³/mol. The molecule has 0 aliphatic carbocycles. The molecule has 0 saturated carbocycles. The molecule has 2 aliphatic heterocycles. The molecule has 24 heavy (non-hydrogen) atoms. The number of nitrogens with zero attached hydrogens (tertiary/aromatic N) is 5. The molecule has 6 nitrogen and oxygen atoms in total. The summed E-state index contributed by atoms with van der Waals surface area (Å²) in [5.41, 5.74) is 2.12. The first-order valence-electron chi connectivity index (χ1n) is 8.98. The van der Waals surface area contributed by atoms with Crippen LogP contribution in [-0.2, 0) is 4.79 Å². The maximum absolute atomic E-state index is 12.8. The Bertz CT molecular complexity index is 719. The van der Waals surface area contributed by atoms with Crippen molar-refractivity contribution in [2.24, 2.45) is 5.92 Å². The number of likely N-dealkylation sites (tertiary alicyclic amines) is 2. The van der Waals surface area contributed by atoms with Crippen LogP contribution in [0, 0.1) is 5.92 Å². The Morgan fingerprint density at radius 2 is 1.96 bits per heavy atom. The van der Waals surface area contributed by atoms with Crippen LogP contribution in [0.15, 0.2) is 24.5 Å². The third kappa shape index (κ3) is 2.90. The number of carbonyl (C=O) groups is 1. The lowest BCUT2D eigenvalue weighted by atomic mass is 9.91. The highest BCUT2D eigenvalue weighted by molar-refractivity contribution is 5.79. The molecule has 0 unspecified atom stereocenters. The van der Waals surface area contributed by atoms with Gasteiger partial charge in [-0.05, 0) is 45.3 Å². The Kier molecular flexibility index (Phi) is 4.22. The van der Waals surface area contributed by atoms with Gasteiger partial charge in [-0.1, -0.05) is 0 Å². The van der Waals surface area contributed by atoms with Crippen LogP contribution in [0.3, 0.4) is 0 Å². The van der Waals surface area contributed by atoms with Gasteiger partial charge in [0.15, 0.2) is 5.65 Å². The predicted octanol–water partition coefficient (Wildman–Crippen LogP) is 1.78. The van der Waals surface area contributed by atoms with Crippen molar-refractivity contribution in [1.82, 2.24) is 24.4 Å². The molecule has 0 aromatic carbocycles. The normalized spacial score (nSPS) is 23.7. The molecule has 2 aliphatic rings. The van der Waals surface area contributed by atoms with Gasteiger partial charge in [0.2, 0.25) is 5.91 Å². The van der Waals surface area contributed by atoms with Crippen molar-refractivity contribution in [2.45, 2.75) is 31.6 Å². The average molecular weight is 327 g/mol. The van der Waals surface area contributed by atoms with Crippen LogP contribution in [0.5, 0.6) is 0 Å². The third-order valence-corrected chi connectivity index (χ3v) is 5.52.